The van der Waals surface area contributed by atoms with Crippen molar-refractivity contribution in [2.24, 2.45) is 10.9 Å². The lowest BCUT2D eigenvalue weighted by Crippen LogP contribution is -2.49. The van der Waals surface area contributed by atoms with E-state index in [1.807, 2.05) is 0 Å². The second-order valence-electron chi connectivity index (χ2n) is 26.3. The molecule has 0 bridgehead atoms. The molecule has 7 aliphatic rings. The first-order valence-corrected chi connectivity index (χ1v) is 32.9. The number of hydrogen-bond acceptors (Lipinski definition) is 5. The van der Waals surface area contributed by atoms with Gasteiger partial charge < -0.3 is 14.8 Å². The average molecular weight is 1200 g/mol. The lowest BCUT2D eigenvalue weighted by molar-refractivity contribution is 0.385. The Balaban J connectivity index is 0.730. The molecule has 19 rings (SSSR count). The van der Waals surface area contributed by atoms with Crippen molar-refractivity contribution in [2.45, 2.75) is 49.5 Å². The van der Waals surface area contributed by atoms with Gasteiger partial charge in [-0.25, -0.2) is 4.99 Å². The van der Waals surface area contributed by atoms with Gasteiger partial charge in [-0.1, -0.05) is 262 Å². The van der Waals surface area contributed by atoms with Crippen LogP contribution in [0.25, 0.3) is 77.5 Å². The number of hydrogen-bond donors (Lipinski definition) is 1. The predicted octanol–water partition coefficient (Wildman–Crippen LogP) is 21.3. The minimum absolute atomic E-state index is 0.392. The van der Waals surface area contributed by atoms with Crippen LogP contribution < -0.4 is 14.8 Å². The summed E-state index contributed by atoms with van der Waals surface area (Å²) in [4.78, 5) is 5.44. The molecule has 3 aliphatic heterocycles. The fourth-order valence-electron chi connectivity index (χ4n) is 17.3. The average Bonchev–Trinajstić information content (AvgIpc) is 1.52. The number of amidine groups is 1. The molecule has 12 aromatic rings. The molecule has 3 atom stereocenters. The standard InChI is InChI=1S/C89H61N3O2/c1-54-45-48-81-80(49-54)87(2,71-40-17-22-55-21-3-4-27-63(55)71)92-86(91-81)60-26-16-25-58(51-60)65-34-20-42-78-85(65)94-83-44-14-12-39-76(83)89(78)74-37-10-7-30-68(74)69-47-46-59(52-79(69)89)62-32-18-31-61(70(62)53-90)56-23-15-24-57(50-56)64-33-19-41-77-84(64)93-82-43-13-11-38-75(82)88(77)72-35-8-5-28-66(72)67-29-6-9-36-73(67)88/h3-10,12,14-44,46-52,54H,11,13,45H2,1-2H3,(H,91,92). The molecule has 94 heavy (non-hydrogen) atoms. The maximum Gasteiger partial charge on any atom is 0.140 e. The van der Waals surface area contributed by atoms with Crippen LogP contribution in [0, 0.1) is 17.2 Å². The maximum absolute atomic E-state index is 11.6. The molecule has 5 heteroatoms. The van der Waals surface area contributed by atoms with Crippen molar-refractivity contribution in [3.63, 3.8) is 0 Å². The maximum atomic E-state index is 11.6. The van der Waals surface area contributed by atoms with Crippen molar-refractivity contribution in [3.05, 3.63) is 363 Å². The molecule has 3 unspecified atom stereocenters. The molecule has 1 N–H and O–H groups in total. The van der Waals surface area contributed by atoms with Gasteiger partial charge in [0.25, 0.3) is 0 Å². The number of nitrogens with one attached hydrogen (secondary N) is 1. The van der Waals surface area contributed by atoms with Crippen molar-refractivity contribution >= 4 is 16.6 Å². The SMILES string of the molecule is CC1C=C2C(=CC1)N=C(c1cccc(-c3cccc4c3Oc3ccccc3C43c4ccccc4-c4ccc(-c5cccc(-c6cccc(-c7cccc8c7OC7=CCCC=C7C87c8ccccc8-c8ccccc87)c6)c5C#N)cc43)c1)NC2(C)c1cccc2ccccc12. The highest BCUT2D eigenvalue weighted by molar-refractivity contribution is 6.04. The Morgan fingerprint density at radius 1 is 0.426 bits per heavy atom. The van der Waals surface area contributed by atoms with Crippen LogP contribution in [0.5, 0.6) is 17.2 Å². The Labute approximate surface area is 547 Å². The van der Waals surface area contributed by atoms with E-state index in [9.17, 15) is 5.26 Å². The van der Waals surface area contributed by atoms with Crippen LogP contribution in [0.3, 0.4) is 0 Å². The molecule has 4 aliphatic carbocycles. The number of aliphatic imine (C=N–C) groups is 1. The molecular weight excluding hydrogens is 1140 g/mol. The molecule has 0 saturated heterocycles. The number of fused-ring (bicyclic) bond motifs is 20. The lowest BCUT2D eigenvalue weighted by Gasteiger charge is -2.42. The number of ether oxygens (including phenoxy) is 2. The first-order valence-electron chi connectivity index (χ1n) is 32.9. The van der Waals surface area contributed by atoms with Crippen LogP contribution in [0.1, 0.15) is 88.7 Å². The smallest absolute Gasteiger partial charge is 0.140 e. The van der Waals surface area contributed by atoms with Crippen LogP contribution in [-0.2, 0) is 16.4 Å². The second kappa shape index (κ2) is 20.5. The van der Waals surface area contributed by atoms with Crippen molar-refractivity contribution in [1.29, 1.82) is 5.26 Å². The Morgan fingerprint density at radius 2 is 0.926 bits per heavy atom. The molecule has 0 amide bonds. The van der Waals surface area contributed by atoms with E-state index in [1.54, 1.807) is 0 Å². The largest absolute Gasteiger partial charge is 0.456 e. The summed E-state index contributed by atoms with van der Waals surface area (Å²) in [5, 5.41) is 18.1. The van der Waals surface area contributed by atoms with E-state index in [2.05, 4.69) is 310 Å². The third-order valence-corrected chi connectivity index (χ3v) is 21.4. The highest BCUT2D eigenvalue weighted by Crippen LogP contribution is 2.66. The zero-order chi connectivity index (χ0) is 62.4. The van der Waals surface area contributed by atoms with E-state index >= 15 is 0 Å². The summed E-state index contributed by atoms with van der Waals surface area (Å²) < 4.78 is 14.5. The van der Waals surface area contributed by atoms with E-state index in [4.69, 9.17) is 14.5 Å². The number of nitriles is 1. The molecule has 0 radical (unpaired) electrons. The molecular formula is C89H61N3O2. The zero-order valence-electron chi connectivity index (χ0n) is 52.0. The van der Waals surface area contributed by atoms with Gasteiger partial charge in [0.15, 0.2) is 0 Å². The van der Waals surface area contributed by atoms with Crippen LogP contribution in [-0.4, -0.2) is 5.84 Å². The Bertz CT molecular complexity index is 5480. The summed E-state index contributed by atoms with van der Waals surface area (Å²) in [5.41, 5.74) is 25.1. The normalized spacial score (nSPS) is 19.2. The first kappa shape index (κ1) is 54.2. The molecule has 5 nitrogen and oxygen atoms in total. The number of benzene rings is 12. The lowest BCUT2D eigenvalue weighted by atomic mass is 9.64. The summed E-state index contributed by atoms with van der Waals surface area (Å²) >= 11 is 0. The zero-order valence-corrected chi connectivity index (χ0v) is 52.0. The molecule has 0 fully saturated rings. The third-order valence-electron chi connectivity index (χ3n) is 21.4. The third kappa shape index (κ3) is 7.54. The highest BCUT2D eigenvalue weighted by atomic mass is 16.5. The van der Waals surface area contributed by atoms with Crippen molar-refractivity contribution in [1.82, 2.24) is 5.32 Å². The summed E-state index contributed by atoms with van der Waals surface area (Å²) in [5.74, 6) is 4.63. The molecule has 2 spiro atoms. The van der Waals surface area contributed by atoms with E-state index in [0.717, 1.165) is 132 Å². The summed E-state index contributed by atoms with van der Waals surface area (Å²) in [6.07, 6.45) is 12.2. The van der Waals surface area contributed by atoms with Gasteiger partial charge in [0.2, 0.25) is 0 Å². The van der Waals surface area contributed by atoms with Gasteiger partial charge in [0.1, 0.15) is 34.9 Å². The number of para-hydroxylation sites is 3. The molecule has 0 saturated carbocycles. The highest BCUT2D eigenvalue weighted by Gasteiger charge is 2.54. The van der Waals surface area contributed by atoms with E-state index < -0.39 is 16.4 Å². The topological polar surface area (TPSA) is 66.6 Å². The van der Waals surface area contributed by atoms with Crippen LogP contribution in [0.2, 0.25) is 0 Å². The van der Waals surface area contributed by atoms with Crippen LogP contribution in [0.4, 0.5) is 0 Å². The number of nitrogens with zero attached hydrogens (tertiary/aromatic N) is 2. The van der Waals surface area contributed by atoms with Gasteiger partial charge in [-0.2, -0.15) is 5.26 Å². The fraction of sp³-hybridized carbons (Fsp3) is 0.101. The Kier molecular flexibility index (Phi) is 11.8. The van der Waals surface area contributed by atoms with E-state index in [1.165, 1.54) is 60.9 Å². The van der Waals surface area contributed by atoms with E-state index in [-0.39, 0.29) is 0 Å². The number of rotatable bonds is 6. The van der Waals surface area contributed by atoms with Gasteiger partial charge in [-0.15, -0.1) is 0 Å². The number of allylic oxidation sites excluding steroid dienone is 5. The molecule has 3 heterocycles. The molecule has 0 aromatic heterocycles. The minimum atomic E-state index is -0.788. The monoisotopic (exact) mass is 1200 g/mol. The van der Waals surface area contributed by atoms with Gasteiger partial charge >= 0.3 is 0 Å². The minimum Gasteiger partial charge on any atom is -0.456 e. The van der Waals surface area contributed by atoms with Crippen LogP contribution >= 0.6 is 0 Å². The second-order valence-corrected chi connectivity index (χ2v) is 26.3. The fourth-order valence-corrected chi connectivity index (χ4v) is 17.3. The predicted molar refractivity (Wildman–Crippen MR) is 379 cm³/mol. The van der Waals surface area contributed by atoms with Gasteiger partial charge in [0, 0.05) is 55.7 Å². The van der Waals surface area contributed by atoms with Gasteiger partial charge in [-0.3, -0.25) is 0 Å². The Morgan fingerprint density at radius 3 is 1.65 bits per heavy atom. The summed E-state index contributed by atoms with van der Waals surface area (Å²) in [7, 11) is 0. The summed E-state index contributed by atoms with van der Waals surface area (Å²) in [6, 6.07) is 97.3. The van der Waals surface area contributed by atoms with Crippen LogP contribution in [0.15, 0.2) is 313 Å². The van der Waals surface area contributed by atoms with Crippen molar-refractivity contribution in [3.8, 4) is 90.1 Å². The van der Waals surface area contributed by atoms with Crippen molar-refractivity contribution < 1.29 is 9.47 Å². The molecule has 444 valence electrons. The quantitative estimate of drug-likeness (QED) is 0.180. The van der Waals surface area contributed by atoms with Crippen molar-refractivity contribution in [2.75, 3.05) is 0 Å². The van der Waals surface area contributed by atoms with Gasteiger partial charge in [0.05, 0.1) is 27.6 Å². The van der Waals surface area contributed by atoms with E-state index in [0.29, 0.717) is 11.5 Å². The summed E-state index contributed by atoms with van der Waals surface area (Å²) in [6.45, 7) is 4.61. The Hall–Kier alpha value is -11.6. The molecule has 12 aromatic carbocycles. The van der Waals surface area contributed by atoms with Gasteiger partial charge in [-0.05, 0) is 146 Å². The first-order chi connectivity index (χ1) is 46.3.